The van der Waals surface area contributed by atoms with Crippen molar-refractivity contribution in [2.45, 2.75) is 65.1 Å². The fraction of sp³-hybridized carbons (Fsp3) is 0.364. The first-order chi connectivity index (χ1) is 18.0. The van der Waals surface area contributed by atoms with Crippen LogP contribution in [0.2, 0.25) is 0 Å². The van der Waals surface area contributed by atoms with Gasteiger partial charge in [-0.3, -0.25) is 9.69 Å². The third kappa shape index (κ3) is 5.35. The molecule has 0 radical (unpaired) electrons. The standard InChI is InChI=1S/C33H38N2O2/c1-4-34(5-2)33(37)26-14-12-25(13-15-26)32(27-10-7-11-31(36)21-27)28-19-29-16-17-30(20-28)35(29)22-24-9-6-8-23(3)18-24/h6-15,18,21,29-30,36H,4-5,16-17,19-20,22H2,1-3H3. The quantitative estimate of drug-likeness (QED) is 0.392. The molecule has 37 heavy (non-hydrogen) atoms. The number of phenolic OH excluding ortho intramolecular Hbond substituents is 1. The van der Waals surface area contributed by atoms with Crippen molar-refractivity contribution in [2.75, 3.05) is 13.1 Å². The van der Waals surface area contributed by atoms with Crippen LogP contribution in [0.1, 0.15) is 72.1 Å². The second-order valence-corrected chi connectivity index (χ2v) is 10.5. The second-order valence-electron chi connectivity index (χ2n) is 10.5. The molecule has 2 aliphatic rings. The Bertz CT molecular complexity index is 1270. The normalized spacial score (nSPS) is 19.2. The zero-order valence-electron chi connectivity index (χ0n) is 22.3. The molecule has 4 nitrogen and oxygen atoms in total. The lowest BCUT2D eigenvalue weighted by Gasteiger charge is -2.37. The van der Waals surface area contributed by atoms with Crippen LogP contribution in [0.4, 0.5) is 0 Å². The summed E-state index contributed by atoms with van der Waals surface area (Å²) >= 11 is 0. The van der Waals surface area contributed by atoms with Gasteiger partial charge in [0.05, 0.1) is 0 Å². The molecule has 0 aromatic heterocycles. The molecule has 4 heteroatoms. The van der Waals surface area contributed by atoms with Crippen molar-refractivity contribution in [1.29, 1.82) is 0 Å². The number of hydrogen-bond acceptors (Lipinski definition) is 3. The molecule has 2 aliphatic heterocycles. The van der Waals surface area contributed by atoms with Gasteiger partial charge in [0.25, 0.3) is 5.91 Å². The number of amides is 1. The smallest absolute Gasteiger partial charge is 0.253 e. The number of rotatable bonds is 7. The first-order valence-corrected chi connectivity index (χ1v) is 13.7. The van der Waals surface area contributed by atoms with E-state index in [2.05, 4.69) is 54.3 Å². The maximum absolute atomic E-state index is 12.9. The summed E-state index contributed by atoms with van der Waals surface area (Å²) in [5.41, 5.74) is 8.27. The van der Waals surface area contributed by atoms with E-state index < -0.39 is 0 Å². The molecule has 3 aromatic carbocycles. The van der Waals surface area contributed by atoms with Gasteiger partial charge in [0.1, 0.15) is 5.75 Å². The lowest BCUT2D eigenvalue weighted by molar-refractivity contribution is 0.0773. The Kier molecular flexibility index (Phi) is 7.48. The second kappa shape index (κ2) is 10.9. The van der Waals surface area contributed by atoms with Gasteiger partial charge < -0.3 is 10.0 Å². The van der Waals surface area contributed by atoms with E-state index in [4.69, 9.17) is 0 Å². The Hall–Kier alpha value is -3.37. The summed E-state index contributed by atoms with van der Waals surface area (Å²) in [7, 11) is 0. The van der Waals surface area contributed by atoms with Crippen LogP contribution in [-0.4, -0.2) is 46.0 Å². The minimum Gasteiger partial charge on any atom is -0.508 e. The highest BCUT2D eigenvalue weighted by molar-refractivity contribution is 5.95. The molecule has 2 saturated heterocycles. The maximum atomic E-state index is 12.9. The highest BCUT2D eigenvalue weighted by Gasteiger charge is 2.39. The predicted octanol–water partition coefficient (Wildman–Crippen LogP) is 6.81. The fourth-order valence-electron chi connectivity index (χ4n) is 6.30. The Morgan fingerprint density at radius 1 is 0.865 bits per heavy atom. The number of fused-ring (bicyclic) bond motifs is 2. The van der Waals surface area contributed by atoms with E-state index in [1.54, 1.807) is 6.07 Å². The molecule has 0 spiro atoms. The summed E-state index contributed by atoms with van der Waals surface area (Å²) in [5.74, 6) is 0.356. The lowest BCUT2D eigenvalue weighted by Crippen LogP contribution is -2.40. The number of piperidine rings is 1. The summed E-state index contributed by atoms with van der Waals surface area (Å²) in [5, 5.41) is 10.3. The van der Waals surface area contributed by atoms with Crippen LogP contribution < -0.4 is 0 Å². The predicted molar refractivity (Wildman–Crippen MR) is 151 cm³/mol. The number of benzene rings is 3. The van der Waals surface area contributed by atoms with Crippen LogP contribution in [0, 0.1) is 6.92 Å². The summed E-state index contributed by atoms with van der Waals surface area (Å²) in [4.78, 5) is 17.4. The molecule has 1 N–H and O–H groups in total. The number of carbonyl (C=O) groups is 1. The van der Waals surface area contributed by atoms with Crippen molar-refractivity contribution in [3.8, 4) is 5.75 Å². The third-order valence-electron chi connectivity index (χ3n) is 8.14. The van der Waals surface area contributed by atoms with Gasteiger partial charge >= 0.3 is 0 Å². The van der Waals surface area contributed by atoms with Crippen molar-refractivity contribution >= 4 is 11.5 Å². The first-order valence-electron chi connectivity index (χ1n) is 13.7. The number of nitrogens with zero attached hydrogens (tertiary/aromatic N) is 2. The summed E-state index contributed by atoms with van der Waals surface area (Å²) in [6.07, 6.45) is 4.52. The Balaban J connectivity index is 1.48. The number of aryl methyl sites for hydroxylation is 1. The van der Waals surface area contributed by atoms with E-state index in [1.807, 2.05) is 43.0 Å². The fourth-order valence-corrected chi connectivity index (χ4v) is 6.30. The summed E-state index contributed by atoms with van der Waals surface area (Å²) < 4.78 is 0. The molecule has 2 bridgehead atoms. The zero-order valence-corrected chi connectivity index (χ0v) is 22.3. The maximum Gasteiger partial charge on any atom is 0.253 e. The molecule has 2 unspecified atom stereocenters. The average molecular weight is 495 g/mol. The van der Waals surface area contributed by atoms with E-state index in [1.165, 1.54) is 35.1 Å². The highest BCUT2D eigenvalue weighted by Crippen LogP contribution is 2.44. The molecule has 192 valence electrons. The SMILES string of the molecule is CCN(CC)C(=O)c1ccc(C(=C2CC3CCC(C2)N3Cc2cccc(C)c2)c2cccc(O)c2)cc1. The molecule has 0 saturated carbocycles. The van der Waals surface area contributed by atoms with Gasteiger partial charge in [-0.25, -0.2) is 0 Å². The third-order valence-corrected chi connectivity index (χ3v) is 8.14. The van der Waals surface area contributed by atoms with Gasteiger partial charge in [0.2, 0.25) is 0 Å². The zero-order chi connectivity index (χ0) is 25.9. The van der Waals surface area contributed by atoms with E-state index >= 15 is 0 Å². The Labute approximate surface area is 221 Å². The Morgan fingerprint density at radius 3 is 2.14 bits per heavy atom. The van der Waals surface area contributed by atoms with Crippen molar-refractivity contribution < 1.29 is 9.90 Å². The van der Waals surface area contributed by atoms with E-state index in [0.717, 1.165) is 36.1 Å². The van der Waals surface area contributed by atoms with Gasteiger partial charge in [-0.15, -0.1) is 0 Å². The molecule has 2 atom stereocenters. The minimum absolute atomic E-state index is 0.0746. The monoisotopic (exact) mass is 494 g/mol. The molecule has 3 aromatic rings. The highest BCUT2D eigenvalue weighted by atomic mass is 16.3. The molecule has 0 aliphatic carbocycles. The number of hydrogen-bond donors (Lipinski definition) is 1. The lowest BCUT2D eigenvalue weighted by atomic mass is 9.85. The molecular weight excluding hydrogens is 456 g/mol. The van der Waals surface area contributed by atoms with Crippen molar-refractivity contribution in [2.24, 2.45) is 0 Å². The number of carbonyl (C=O) groups excluding carboxylic acids is 1. The number of aromatic hydroxyl groups is 1. The van der Waals surface area contributed by atoms with Gasteiger partial charge in [-0.2, -0.15) is 0 Å². The molecule has 5 rings (SSSR count). The molecule has 2 fully saturated rings. The molecule has 2 heterocycles. The number of phenols is 1. The van der Waals surface area contributed by atoms with Crippen molar-refractivity contribution in [3.05, 3.63) is 106 Å². The van der Waals surface area contributed by atoms with Crippen molar-refractivity contribution in [1.82, 2.24) is 9.80 Å². The van der Waals surface area contributed by atoms with Crippen LogP contribution in [0.5, 0.6) is 5.75 Å². The van der Waals surface area contributed by atoms with Crippen LogP contribution in [-0.2, 0) is 6.54 Å². The van der Waals surface area contributed by atoms with Gasteiger partial charge in [-0.1, -0.05) is 59.7 Å². The molecular formula is C33H38N2O2. The summed E-state index contributed by atoms with van der Waals surface area (Å²) in [6.45, 7) is 8.61. The van der Waals surface area contributed by atoms with Gasteiger partial charge in [0.15, 0.2) is 0 Å². The molecule has 1 amide bonds. The van der Waals surface area contributed by atoms with E-state index in [0.29, 0.717) is 25.2 Å². The van der Waals surface area contributed by atoms with Crippen LogP contribution in [0.25, 0.3) is 5.57 Å². The summed E-state index contributed by atoms with van der Waals surface area (Å²) in [6, 6.07) is 25.7. The topological polar surface area (TPSA) is 43.8 Å². The van der Waals surface area contributed by atoms with Crippen LogP contribution >= 0.6 is 0 Å². The Morgan fingerprint density at radius 2 is 1.51 bits per heavy atom. The van der Waals surface area contributed by atoms with Gasteiger partial charge in [-0.05, 0) is 93.0 Å². The van der Waals surface area contributed by atoms with Crippen LogP contribution in [0.15, 0.2) is 78.4 Å². The van der Waals surface area contributed by atoms with E-state index in [-0.39, 0.29) is 11.7 Å². The average Bonchev–Trinajstić information content (AvgIpc) is 3.12. The largest absolute Gasteiger partial charge is 0.508 e. The van der Waals surface area contributed by atoms with Gasteiger partial charge in [0, 0.05) is 37.3 Å². The van der Waals surface area contributed by atoms with E-state index in [9.17, 15) is 9.90 Å². The minimum atomic E-state index is 0.0746. The van der Waals surface area contributed by atoms with Crippen LogP contribution in [0.3, 0.4) is 0 Å². The van der Waals surface area contributed by atoms with Crippen molar-refractivity contribution in [3.63, 3.8) is 0 Å². The first kappa shape index (κ1) is 25.3.